The first kappa shape index (κ1) is 9.73. The van der Waals surface area contributed by atoms with Gasteiger partial charge in [0.1, 0.15) is 0 Å². The second-order valence-corrected chi connectivity index (χ2v) is 3.68. The van der Waals surface area contributed by atoms with Crippen LogP contribution in [0.1, 0.15) is 24.5 Å². The molecule has 0 unspecified atom stereocenters. The predicted octanol–water partition coefficient (Wildman–Crippen LogP) is 3.66. The third kappa shape index (κ3) is 1.71. The van der Waals surface area contributed by atoms with Crippen LogP contribution in [0.2, 0.25) is 0 Å². The van der Waals surface area contributed by atoms with Crippen LogP contribution in [0.4, 0.5) is 0 Å². The zero-order valence-corrected chi connectivity index (χ0v) is 8.83. The topological polar surface area (TPSA) is 23.8 Å². The molecule has 0 saturated heterocycles. The highest BCUT2D eigenvalue weighted by Gasteiger charge is 2.03. The Kier molecular flexibility index (Phi) is 2.69. The SMILES string of the molecule is CCCc1ccc(C#N)c2ccccc12. The van der Waals surface area contributed by atoms with Gasteiger partial charge in [0.2, 0.25) is 0 Å². The molecular formula is C14H13N. The Morgan fingerprint density at radius 1 is 1.07 bits per heavy atom. The van der Waals surface area contributed by atoms with Crippen molar-refractivity contribution in [1.29, 1.82) is 5.26 Å². The summed E-state index contributed by atoms with van der Waals surface area (Å²) in [6, 6.07) is 14.4. The molecule has 2 aromatic rings. The zero-order valence-electron chi connectivity index (χ0n) is 8.83. The summed E-state index contributed by atoms with van der Waals surface area (Å²) in [5.74, 6) is 0. The molecule has 0 amide bonds. The van der Waals surface area contributed by atoms with Crippen molar-refractivity contribution in [2.75, 3.05) is 0 Å². The molecular weight excluding hydrogens is 182 g/mol. The van der Waals surface area contributed by atoms with Crippen LogP contribution in [0.5, 0.6) is 0 Å². The van der Waals surface area contributed by atoms with E-state index < -0.39 is 0 Å². The average Bonchev–Trinajstić information content (AvgIpc) is 2.30. The smallest absolute Gasteiger partial charge is 0.0998 e. The van der Waals surface area contributed by atoms with Crippen molar-refractivity contribution in [2.45, 2.75) is 19.8 Å². The summed E-state index contributed by atoms with van der Waals surface area (Å²) in [5.41, 5.74) is 2.11. The van der Waals surface area contributed by atoms with Gasteiger partial charge in [-0.05, 0) is 28.8 Å². The van der Waals surface area contributed by atoms with Gasteiger partial charge in [-0.2, -0.15) is 5.26 Å². The fourth-order valence-electron chi connectivity index (χ4n) is 1.95. The largest absolute Gasteiger partial charge is 0.192 e. The number of benzene rings is 2. The van der Waals surface area contributed by atoms with Crippen molar-refractivity contribution in [3.05, 3.63) is 47.5 Å². The summed E-state index contributed by atoms with van der Waals surface area (Å²) in [4.78, 5) is 0. The normalized spacial score (nSPS) is 10.1. The molecule has 1 heteroatoms. The lowest BCUT2D eigenvalue weighted by molar-refractivity contribution is 0.929. The van der Waals surface area contributed by atoms with Gasteiger partial charge in [-0.15, -0.1) is 0 Å². The Morgan fingerprint density at radius 3 is 2.47 bits per heavy atom. The number of hydrogen-bond acceptors (Lipinski definition) is 1. The molecule has 0 aliphatic heterocycles. The van der Waals surface area contributed by atoms with Crippen molar-refractivity contribution in [3.63, 3.8) is 0 Å². The van der Waals surface area contributed by atoms with Gasteiger partial charge in [0.05, 0.1) is 11.6 Å². The van der Waals surface area contributed by atoms with Crippen LogP contribution < -0.4 is 0 Å². The highest BCUT2D eigenvalue weighted by Crippen LogP contribution is 2.23. The van der Waals surface area contributed by atoms with Crippen LogP contribution in [0.15, 0.2) is 36.4 Å². The summed E-state index contributed by atoms with van der Waals surface area (Å²) in [7, 11) is 0. The van der Waals surface area contributed by atoms with E-state index in [1.54, 1.807) is 0 Å². The fourth-order valence-corrected chi connectivity index (χ4v) is 1.95. The van der Waals surface area contributed by atoms with Crippen LogP contribution in [-0.2, 0) is 6.42 Å². The summed E-state index contributed by atoms with van der Waals surface area (Å²) < 4.78 is 0. The first-order valence-corrected chi connectivity index (χ1v) is 5.27. The third-order valence-corrected chi connectivity index (χ3v) is 2.65. The van der Waals surface area contributed by atoms with Gasteiger partial charge in [-0.3, -0.25) is 0 Å². The van der Waals surface area contributed by atoms with Gasteiger partial charge in [-0.25, -0.2) is 0 Å². The molecule has 0 spiro atoms. The minimum Gasteiger partial charge on any atom is -0.192 e. The second-order valence-electron chi connectivity index (χ2n) is 3.68. The Bertz CT molecular complexity index is 520. The van der Waals surface area contributed by atoms with Crippen molar-refractivity contribution in [2.24, 2.45) is 0 Å². The Hall–Kier alpha value is -1.81. The Balaban J connectivity index is 2.73. The fraction of sp³-hybridized carbons (Fsp3) is 0.214. The molecule has 15 heavy (non-hydrogen) atoms. The monoisotopic (exact) mass is 195 g/mol. The number of nitrogens with zero attached hydrogens (tertiary/aromatic N) is 1. The minimum atomic E-state index is 0.769. The number of rotatable bonds is 2. The van der Waals surface area contributed by atoms with E-state index in [0.29, 0.717) is 0 Å². The Morgan fingerprint density at radius 2 is 1.80 bits per heavy atom. The van der Waals surface area contributed by atoms with E-state index in [-0.39, 0.29) is 0 Å². The predicted molar refractivity (Wildman–Crippen MR) is 62.7 cm³/mol. The summed E-state index contributed by atoms with van der Waals surface area (Å²) in [5, 5.41) is 11.3. The van der Waals surface area contributed by atoms with Crippen molar-refractivity contribution in [1.82, 2.24) is 0 Å². The van der Waals surface area contributed by atoms with Gasteiger partial charge < -0.3 is 0 Å². The van der Waals surface area contributed by atoms with Gasteiger partial charge >= 0.3 is 0 Å². The molecule has 0 radical (unpaired) electrons. The number of aryl methyl sites for hydroxylation is 1. The molecule has 0 atom stereocenters. The van der Waals surface area contributed by atoms with Crippen molar-refractivity contribution >= 4 is 10.8 Å². The first-order valence-electron chi connectivity index (χ1n) is 5.27. The molecule has 2 aromatic carbocycles. The molecule has 1 nitrogen and oxygen atoms in total. The lowest BCUT2D eigenvalue weighted by Gasteiger charge is -2.06. The van der Waals surface area contributed by atoms with E-state index in [0.717, 1.165) is 23.8 Å². The van der Waals surface area contributed by atoms with Gasteiger partial charge in [0.15, 0.2) is 0 Å². The Labute approximate surface area is 90.0 Å². The van der Waals surface area contributed by atoms with E-state index in [9.17, 15) is 0 Å². The van der Waals surface area contributed by atoms with Crippen molar-refractivity contribution < 1.29 is 0 Å². The first-order chi connectivity index (χ1) is 7.36. The van der Waals surface area contributed by atoms with Crippen LogP contribution in [0.3, 0.4) is 0 Å². The molecule has 0 aromatic heterocycles. The molecule has 0 aliphatic carbocycles. The van der Waals surface area contributed by atoms with Crippen LogP contribution in [0.25, 0.3) is 10.8 Å². The lowest BCUT2D eigenvalue weighted by atomic mass is 9.98. The van der Waals surface area contributed by atoms with Crippen LogP contribution >= 0.6 is 0 Å². The van der Waals surface area contributed by atoms with Gasteiger partial charge in [-0.1, -0.05) is 43.7 Å². The summed E-state index contributed by atoms with van der Waals surface area (Å²) in [6.45, 7) is 2.17. The second kappa shape index (κ2) is 4.14. The quantitative estimate of drug-likeness (QED) is 0.717. The van der Waals surface area contributed by atoms with E-state index in [4.69, 9.17) is 5.26 Å². The molecule has 2 rings (SSSR count). The van der Waals surface area contributed by atoms with Crippen LogP contribution in [-0.4, -0.2) is 0 Å². The van der Waals surface area contributed by atoms with E-state index in [1.807, 2.05) is 24.3 Å². The van der Waals surface area contributed by atoms with E-state index >= 15 is 0 Å². The van der Waals surface area contributed by atoms with E-state index in [1.165, 1.54) is 10.9 Å². The zero-order chi connectivity index (χ0) is 10.7. The van der Waals surface area contributed by atoms with Crippen LogP contribution in [0, 0.1) is 11.3 Å². The third-order valence-electron chi connectivity index (χ3n) is 2.65. The summed E-state index contributed by atoms with van der Waals surface area (Å²) >= 11 is 0. The maximum absolute atomic E-state index is 9.01. The van der Waals surface area contributed by atoms with Crippen molar-refractivity contribution in [3.8, 4) is 6.07 Å². The molecule has 74 valence electrons. The molecule has 0 fully saturated rings. The molecule has 0 heterocycles. The maximum Gasteiger partial charge on any atom is 0.0998 e. The average molecular weight is 195 g/mol. The maximum atomic E-state index is 9.01. The van der Waals surface area contributed by atoms with Gasteiger partial charge in [0.25, 0.3) is 0 Å². The van der Waals surface area contributed by atoms with E-state index in [2.05, 4.69) is 25.1 Å². The number of hydrogen-bond donors (Lipinski definition) is 0. The highest BCUT2D eigenvalue weighted by molar-refractivity contribution is 5.90. The number of fused-ring (bicyclic) bond motifs is 1. The van der Waals surface area contributed by atoms with Gasteiger partial charge in [0, 0.05) is 0 Å². The minimum absolute atomic E-state index is 0.769. The molecule has 0 bridgehead atoms. The summed E-state index contributed by atoms with van der Waals surface area (Å²) in [6.07, 6.45) is 2.21. The molecule has 0 aliphatic rings. The standard InChI is InChI=1S/C14H13N/c1-2-5-11-8-9-12(10-15)14-7-4-3-6-13(11)14/h3-4,6-9H,2,5H2,1H3. The lowest BCUT2D eigenvalue weighted by Crippen LogP contribution is -1.88. The highest BCUT2D eigenvalue weighted by atomic mass is 14.2. The number of nitriles is 1. The molecule has 0 saturated carbocycles. The molecule has 0 N–H and O–H groups in total.